The fourth-order valence-electron chi connectivity index (χ4n) is 2.58. The monoisotopic (exact) mass is 357 g/mol. The van der Waals surface area contributed by atoms with Crippen molar-refractivity contribution >= 4 is 32.3 Å². The van der Waals surface area contributed by atoms with Crippen LogP contribution in [-0.4, -0.2) is 20.0 Å². The number of hydrogen-bond acceptors (Lipinski definition) is 5. The van der Waals surface area contributed by atoms with E-state index in [0.717, 1.165) is 33.7 Å². The fraction of sp³-hybridized carbons (Fsp3) is 0.167. The number of pyridine rings is 1. The molecule has 1 heterocycles. The molecule has 3 N–H and O–H groups in total. The second kappa shape index (κ2) is 6.70. The number of rotatable bonds is 5. The summed E-state index contributed by atoms with van der Waals surface area (Å²) in [7, 11) is -3.70. The Hall–Kier alpha value is -2.64. The van der Waals surface area contributed by atoms with Crippen LogP contribution in [0.2, 0.25) is 0 Å². The summed E-state index contributed by atoms with van der Waals surface area (Å²) >= 11 is 0. The summed E-state index contributed by atoms with van der Waals surface area (Å²) in [4.78, 5) is 4.61. The maximum atomic E-state index is 11.4. The molecule has 3 aromatic rings. The van der Waals surface area contributed by atoms with E-state index in [1.807, 2.05) is 38.1 Å². The lowest BCUT2D eigenvalue weighted by molar-refractivity contribution is 0.340. The Morgan fingerprint density at radius 1 is 1.12 bits per heavy atom. The molecule has 0 aliphatic rings. The van der Waals surface area contributed by atoms with Gasteiger partial charge >= 0.3 is 0 Å². The third-order valence-electron chi connectivity index (χ3n) is 3.68. The van der Waals surface area contributed by atoms with Crippen LogP contribution >= 0.6 is 0 Å². The molecule has 0 spiro atoms. The van der Waals surface area contributed by atoms with Crippen molar-refractivity contribution in [2.24, 2.45) is 5.14 Å². The number of nitrogens with two attached hydrogens (primary N) is 1. The van der Waals surface area contributed by atoms with Gasteiger partial charge < -0.3 is 10.1 Å². The number of primary sulfonamides is 1. The Bertz CT molecular complexity index is 1020. The van der Waals surface area contributed by atoms with Gasteiger partial charge in [-0.25, -0.2) is 13.6 Å². The molecule has 3 rings (SSSR count). The van der Waals surface area contributed by atoms with E-state index in [9.17, 15) is 8.42 Å². The normalized spacial score (nSPS) is 11.5. The first-order valence-corrected chi connectivity index (χ1v) is 9.35. The quantitative estimate of drug-likeness (QED) is 0.730. The number of fused-ring (bicyclic) bond motifs is 1. The maximum absolute atomic E-state index is 11.4. The Labute approximate surface area is 146 Å². The molecule has 0 aliphatic heterocycles. The van der Waals surface area contributed by atoms with Gasteiger partial charge in [0.2, 0.25) is 10.0 Å². The molecule has 1 aromatic heterocycles. The van der Waals surface area contributed by atoms with Gasteiger partial charge in [-0.3, -0.25) is 4.98 Å². The molecule has 0 fully saturated rings. The molecule has 0 atom stereocenters. The highest BCUT2D eigenvalue weighted by Crippen LogP contribution is 2.30. The smallest absolute Gasteiger partial charge is 0.238 e. The van der Waals surface area contributed by atoms with Gasteiger partial charge in [-0.2, -0.15) is 0 Å². The van der Waals surface area contributed by atoms with Crippen LogP contribution in [0.1, 0.15) is 12.6 Å². The van der Waals surface area contributed by atoms with Gasteiger partial charge in [0.05, 0.1) is 17.0 Å². The van der Waals surface area contributed by atoms with Crippen molar-refractivity contribution in [1.29, 1.82) is 0 Å². The molecule has 0 radical (unpaired) electrons. The summed E-state index contributed by atoms with van der Waals surface area (Å²) in [6, 6.07) is 14.0. The molecular weight excluding hydrogens is 338 g/mol. The Kier molecular flexibility index (Phi) is 4.61. The van der Waals surface area contributed by atoms with Crippen molar-refractivity contribution in [2.75, 3.05) is 11.9 Å². The van der Waals surface area contributed by atoms with Gasteiger partial charge in [0.15, 0.2) is 0 Å². The molecule has 0 saturated heterocycles. The standard InChI is InChI=1S/C18H19N3O3S/c1-3-24-14-6-9-17-16(11-14)18(10-12(2)20-17)21-13-4-7-15(8-5-13)25(19,22)23/h4-11H,3H2,1-2H3,(H,20,21)(H2,19,22,23). The topological polar surface area (TPSA) is 94.3 Å². The summed E-state index contributed by atoms with van der Waals surface area (Å²) in [6.45, 7) is 4.44. The van der Waals surface area contributed by atoms with Gasteiger partial charge in [-0.15, -0.1) is 0 Å². The van der Waals surface area contributed by atoms with Crippen LogP contribution in [-0.2, 0) is 10.0 Å². The molecule has 0 saturated carbocycles. The van der Waals surface area contributed by atoms with Crippen LogP contribution in [0, 0.1) is 6.92 Å². The largest absolute Gasteiger partial charge is 0.494 e. The lowest BCUT2D eigenvalue weighted by atomic mass is 10.1. The van der Waals surface area contributed by atoms with E-state index in [1.54, 1.807) is 12.1 Å². The van der Waals surface area contributed by atoms with Crippen molar-refractivity contribution < 1.29 is 13.2 Å². The van der Waals surface area contributed by atoms with Crippen LogP contribution in [0.4, 0.5) is 11.4 Å². The minimum atomic E-state index is -3.70. The predicted octanol–water partition coefficient (Wildman–Crippen LogP) is 3.33. The maximum Gasteiger partial charge on any atom is 0.238 e. The molecule has 2 aromatic carbocycles. The van der Waals surface area contributed by atoms with E-state index in [4.69, 9.17) is 9.88 Å². The molecular formula is C18H19N3O3S. The van der Waals surface area contributed by atoms with Crippen molar-refractivity contribution in [3.63, 3.8) is 0 Å². The molecule has 0 aliphatic carbocycles. The lowest BCUT2D eigenvalue weighted by Crippen LogP contribution is -2.11. The first-order chi connectivity index (χ1) is 11.9. The number of nitrogens with zero attached hydrogens (tertiary/aromatic N) is 1. The zero-order valence-corrected chi connectivity index (χ0v) is 14.8. The Balaban J connectivity index is 2.01. The van der Waals surface area contributed by atoms with E-state index in [0.29, 0.717) is 6.61 Å². The highest BCUT2D eigenvalue weighted by molar-refractivity contribution is 7.89. The number of benzene rings is 2. The van der Waals surface area contributed by atoms with Crippen LogP contribution in [0.3, 0.4) is 0 Å². The highest BCUT2D eigenvalue weighted by atomic mass is 32.2. The van der Waals surface area contributed by atoms with Gasteiger partial charge in [-0.1, -0.05) is 0 Å². The summed E-state index contributed by atoms with van der Waals surface area (Å²) in [5.41, 5.74) is 3.35. The van der Waals surface area contributed by atoms with E-state index in [1.165, 1.54) is 12.1 Å². The second-order valence-electron chi connectivity index (χ2n) is 5.62. The van der Waals surface area contributed by atoms with Crippen molar-refractivity contribution in [3.05, 3.63) is 54.2 Å². The molecule has 0 unspecified atom stereocenters. The number of anilines is 2. The van der Waals surface area contributed by atoms with Gasteiger partial charge in [-0.05, 0) is 62.4 Å². The summed E-state index contributed by atoms with van der Waals surface area (Å²) in [5.74, 6) is 0.772. The summed E-state index contributed by atoms with van der Waals surface area (Å²) < 4.78 is 28.3. The van der Waals surface area contributed by atoms with Crippen LogP contribution in [0.15, 0.2) is 53.4 Å². The molecule has 0 bridgehead atoms. The number of nitrogens with one attached hydrogen (secondary N) is 1. The van der Waals surface area contributed by atoms with Crippen molar-refractivity contribution in [2.45, 2.75) is 18.7 Å². The van der Waals surface area contributed by atoms with Crippen LogP contribution < -0.4 is 15.2 Å². The average molecular weight is 357 g/mol. The number of sulfonamides is 1. The molecule has 25 heavy (non-hydrogen) atoms. The van der Waals surface area contributed by atoms with Gasteiger partial charge in [0.1, 0.15) is 5.75 Å². The van der Waals surface area contributed by atoms with E-state index < -0.39 is 10.0 Å². The van der Waals surface area contributed by atoms with E-state index >= 15 is 0 Å². The number of ether oxygens (including phenoxy) is 1. The van der Waals surface area contributed by atoms with Crippen molar-refractivity contribution in [3.8, 4) is 5.75 Å². The van der Waals surface area contributed by atoms with Gasteiger partial charge in [0.25, 0.3) is 0 Å². The second-order valence-corrected chi connectivity index (χ2v) is 7.18. The van der Waals surface area contributed by atoms with Crippen LogP contribution in [0.25, 0.3) is 10.9 Å². The fourth-order valence-corrected chi connectivity index (χ4v) is 3.10. The lowest BCUT2D eigenvalue weighted by Gasteiger charge is -2.12. The number of hydrogen-bond donors (Lipinski definition) is 2. The summed E-state index contributed by atoms with van der Waals surface area (Å²) in [5, 5.41) is 9.36. The molecule has 130 valence electrons. The van der Waals surface area contributed by atoms with Crippen LogP contribution in [0.5, 0.6) is 5.75 Å². The van der Waals surface area contributed by atoms with E-state index in [-0.39, 0.29) is 4.90 Å². The minimum Gasteiger partial charge on any atom is -0.494 e. The molecule has 7 heteroatoms. The molecule has 0 amide bonds. The third-order valence-corrected chi connectivity index (χ3v) is 4.61. The summed E-state index contributed by atoms with van der Waals surface area (Å²) in [6.07, 6.45) is 0. The Morgan fingerprint density at radius 2 is 1.84 bits per heavy atom. The third kappa shape index (κ3) is 3.89. The molecule has 6 nitrogen and oxygen atoms in total. The zero-order chi connectivity index (χ0) is 18.0. The zero-order valence-electron chi connectivity index (χ0n) is 14.0. The minimum absolute atomic E-state index is 0.0763. The number of aryl methyl sites for hydroxylation is 1. The average Bonchev–Trinajstić information content (AvgIpc) is 2.55. The van der Waals surface area contributed by atoms with Crippen molar-refractivity contribution in [1.82, 2.24) is 4.98 Å². The first kappa shape index (κ1) is 17.2. The van der Waals surface area contributed by atoms with Gasteiger partial charge in [0, 0.05) is 22.5 Å². The Morgan fingerprint density at radius 3 is 2.48 bits per heavy atom. The predicted molar refractivity (Wildman–Crippen MR) is 98.7 cm³/mol. The highest BCUT2D eigenvalue weighted by Gasteiger charge is 2.09. The first-order valence-electron chi connectivity index (χ1n) is 7.81. The number of aromatic nitrogens is 1. The van der Waals surface area contributed by atoms with E-state index in [2.05, 4.69) is 10.3 Å². The SMILES string of the molecule is CCOc1ccc2nc(C)cc(Nc3ccc(S(N)(=O)=O)cc3)c2c1.